The molecule has 0 spiro atoms. The fraction of sp³-hybridized carbons (Fsp3) is 0.286. The highest BCUT2D eigenvalue weighted by molar-refractivity contribution is 6.33. The molecule has 20 heavy (non-hydrogen) atoms. The largest absolute Gasteiger partial charge is 0.478 e. The summed E-state index contributed by atoms with van der Waals surface area (Å²) < 4.78 is 0. The number of amides is 1. The molecule has 1 aromatic carbocycles. The van der Waals surface area contributed by atoms with E-state index in [1.807, 2.05) is 19.0 Å². The Kier molecular flexibility index (Phi) is 5.16. The van der Waals surface area contributed by atoms with Gasteiger partial charge in [0.15, 0.2) is 0 Å². The lowest BCUT2D eigenvalue weighted by atomic mass is 10.1. The number of carboxylic acids is 1. The molecule has 0 bridgehead atoms. The molecule has 2 N–H and O–H groups in total. The van der Waals surface area contributed by atoms with Crippen LogP contribution < -0.4 is 10.2 Å². The van der Waals surface area contributed by atoms with Crippen LogP contribution in [0.4, 0.5) is 11.4 Å². The van der Waals surface area contributed by atoms with Crippen LogP contribution in [-0.2, 0) is 9.59 Å². The van der Waals surface area contributed by atoms with Crippen LogP contribution in [0.25, 0.3) is 0 Å². The third kappa shape index (κ3) is 3.74. The standard InChI is InChI=1S/C14H17ClN2O3/c1-8(9(2)14(19)20)13(18)16-10-5-6-12(17(3)4)11(15)7-10/h5-7H,1-4H3,(H,16,18)(H,19,20). The number of carbonyl (C=O) groups is 2. The molecule has 0 saturated carbocycles. The first kappa shape index (κ1) is 16.0. The van der Waals surface area contributed by atoms with E-state index in [1.165, 1.54) is 13.8 Å². The highest BCUT2D eigenvalue weighted by Crippen LogP contribution is 2.27. The Morgan fingerprint density at radius 3 is 2.25 bits per heavy atom. The summed E-state index contributed by atoms with van der Waals surface area (Å²) in [6.07, 6.45) is 0. The molecule has 0 atom stereocenters. The Balaban J connectivity index is 2.95. The van der Waals surface area contributed by atoms with Crippen molar-refractivity contribution in [3.05, 3.63) is 34.4 Å². The average molecular weight is 297 g/mol. The molecular weight excluding hydrogens is 280 g/mol. The Hall–Kier alpha value is -2.01. The Morgan fingerprint density at radius 2 is 1.80 bits per heavy atom. The van der Waals surface area contributed by atoms with Crippen LogP contribution in [0.5, 0.6) is 0 Å². The van der Waals surface area contributed by atoms with Crippen LogP contribution in [0, 0.1) is 0 Å². The molecule has 0 unspecified atom stereocenters. The van der Waals surface area contributed by atoms with E-state index in [0.29, 0.717) is 10.7 Å². The fourth-order valence-corrected chi connectivity index (χ4v) is 1.85. The van der Waals surface area contributed by atoms with E-state index >= 15 is 0 Å². The number of anilines is 2. The van der Waals surface area contributed by atoms with Gasteiger partial charge in [-0.1, -0.05) is 11.6 Å². The normalized spacial score (nSPS) is 11.7. The topological polar surface area (TPSA) is 69.6 Å². The second-order valence-corrected chi connectivity index (χ2v) is 4.98. The van der Waals surface area contributed by atoms with Crippen molar-refractivity contribution in [3.8, 4) is 0 Å². The molecular formula is C14H17ClN2O3. The van der Waals surface area contributed by atoms with Crippen molar-refractivity contribution in [2.75, 3.05) is 24.3 Å². The van der Waals surface area contributed by atoms with Crippen LogP contribution in [0.2, 0.25) is 5.02 Å². The molecule has 108 valence electrons. The van der Waals surface area contributed by atoms with Gasteiger partial charge in [-0.15, -0.1) is 0 Å². The Morgan fingerprint density at radius 1 is 1.20 bits per heavy atom. The van der Waals surface area contributed by atoms with Gasteiger partial charge in [0.1, 0.15) is 0 Å². The van der Waals surface area contributed by atoms with E-state index < -0.39 is 11.9 Å². The number of carbonyl (C=O) groups excluding carboxylic acids is 1. The molecule has 0 aliphatic heterocycles. The van der Waals surface area contributed by atoms with E-state index in [1.54, 1.807) is 18.2 Å². The average Bonchev–Trinajstić information content (AvgIpc) is 2.36. The lowest BCUT2D eigenvalue weighted by Crippen LogP contribution is -2.16. The second kappa shape index (κ2) is 6.43. The zero-order valence-corrected chi connectivity index (χ0v) is 12.6. The number of hydrogen-bond acceptors (Lipinski definition) is 3. The zero-order valence-electron chi connectivity index (χ0n) is 11.8. The van der Waals surface area contributed by atoms with Crippen molar-refractivity contribution in [1.29, 1.82) is 0 Å². The van der Waals surface area contributed by atoms with E-state index in [0.717, 1.165) is 5.69 Å². The number of halogens is 1. The molecule has 1 amide bonds. The smallest absolute Gasteiger partial charge is 0.331 e. The van der Waals surface area contributed by atoms with E-state index in [9.17, 15) is 9.59 Å². The summed E-state index contributed by atoms with van der Waals surface area (Å²) in [5.74, 6) is -1.57. The summed E-state index contributed by atoms with van der Waals surface area (Å²) in [5, 5.41) is 12.0. The highest BCUT2D eigenvalue weighted by atomic mass is 35.5. The third-order valence-corrected chi connectivity index (χ3v) is 3.21. The van der Waals surface area contributed by atoms with Crippen molar-refractivity contribution in [2.45, 2.75) is 13.8 Å². The quantitative estimate of drug-likeness (QED) is 0.838. The maximum Gasteiger partial charge on any atom is 0.331 e. The fourth-order valence-electron chi connectivity index (χ4n) is 1.50. The molecule has 0 fully saturated rings. The first-order valence-corrected chi connectivity index (χ1v) is 6.30. The predicted octanol–water partition coefficient (Wildman–Crippen LogP) is 2.77. The summed E-state index contributed by atoms with van der Waals surface area (Å²) in [5.41, 5.74) is 1.52. The van der Waals surface area contributed by atoms with Gasteiger partial charge in [0.25, 0.3) is 5.91 Å². The second-order valence-electron chi connectivity index (χ2n) is 4.57. The van der Waals surface area contributed by atoms with E-state index in [4.69, 9.17) is 16.7 Å². The number of nitrogens with one attached hydrogen (secondary N) is 1. The number of benzene rings is 1. The van der Waals surface area contributed by atoms with Gasteiger partial charge in [0.2, 0.25) is 0 Å². The van der Waals surface area contributed by atoms with Crippen molar-refractivity contribution in [3.63, 3.8) is 0 Å². The maximum absolute atomic E-state index is 11.9. The maximum atomic E-state index is 11.9. The molecule has 0 aliphatic rings. The molecule has 0 saturated heterocycles. The third-order valence-electron chi connectivity index (χ3n) is 2.91. The van der Waals surface area contributed by atoms with Gasteiger partial charge in [0.05, 0.1) is 10.7 Å². The van der Waals surface area contributed by atoms with Crippen molar-refractivity contribution < 1.29 is 14.7 Å². The van der Waals surface area contributed by atoms with Crippen LogP contribution in [0.15, 0.2) is 29.3 Å². The van der Waals surface area contributed by atoms with E-state index in [2.05, 4.69) is 5.32 Å². The van der Waals surface area contributed by atoms with Gasteiger partial charge in [-0.25, -0.2) is 4.79 Å². The predicted molar refractivity (Wildman–Crippen MR) is 80.4 cm³/mol. The number of carboxylic acid groups (broad SMARTS) is 1. The number of nitrogens with zero attached hydrogens (tertiary/aromatic N) is 1. The first-order chi connectivity index (χ1) is 9.23. The molecule has 0 aromatic heterocycles. The SMILES string of the molecule is CC(C(=O)O)=C(C)C(=O)Nc1ccc(N(C)C)c(Cl)c1. The zero-order chi connectivity index (χ0) is 15.4. The molecule has 0 radical (unpaired) electrons. The van der Waals surface area contributed by atoms with Crippen LogP contribution >= 0.6 is 11.6 Å². The minimum atomic E-state index is -1.11. The van der Waals surface area contributed by atoms with Crippen LogP contribution in [0.1, 0.15) is 13.8 Å². The molecule has 0 heterocycles. The molecule has 0 aliphatic carbocycles. The van der Waals surface area contributed by atoms with Gasteiger partial charge in [0, 0.05) is 30.9 Å². The number of rotatable bonds is 4. The monoisotopic (exact) mass is 296 g/mol. The van der Waals surface area contributed by atoms with Crippen LogP contribution in [0.3, 0.4) is 0 Å². The number of aliphatic carboxylic acids is 1. The summed E-state index contributed by atoms with van der Waals surface area (Å²) in [6.45, 7) is 2.86. The molecule has 5 nitrogen and oxygen atoms in total. The summed E-state index contributed by atoms with van der Waals surface area (Å²) in [6, 6.07) is 5.11. The number of hydrogen-bond donors (Lipinski definition) is 2. The van der Waals surface area contributed by atoms with Crippen molar-refractivity contribution in [2.24, 2.45) is 0 Å². The van der Waals surface area contributed by atoms with Gasteiger partial charge < -0.3 is 15.3 Å². The summed E-state index contributed by atoms with van der Waals surface area (Å²) in [7, 11) is 3.73. The Labute approximate surface area is 122 Å². The minimum absolute atomic E-state index is 0.0125. The Bertz CT molecular complexity index is 580. The first-order valence-electron chi connectivity index (χ1n) is 5.93. The van der Waals surface area contributed by atoms with Gasteiger partial charge in [-0.3, -0.25) is 4.79 Å². The van der Waals surface area contributed by atoms with Crippen LogP contribution in [-0.4, -0.2) is 31.1 Å². The minimum Gasteiger partial charge on any atom is -0.478 e. The molecule has 1 aromatic rings. The summed E-state index contributed by atoms with van der Waals surface area (Å²) in [4.78, 5) is 24.6. The lowest BCUT2D eigenvalue weighted by molar-refractivity contribution is -0.133. The van der Waals surface area contributed by atoms with Crippen molar-refractivity contribution >= 4 is 34.9 Å². The highest BCUT2D eigenvalue weighted by Gasteiger charge is 2.13. The van der Waals surface area contributed by atoms with Gasteiger partial charge in [-0.2, -0.15) is 0 Å². The summed E-state index contributed by atoms with van der Waals surface area (Å²) >= 11 is 6.10. The van der Waals surface area contributed by atoms with E-state index in [-0.39, 0.29) is 11.1 Å². The molecule has 1 rings (SSSR count). The lowest BCUT2D eigenvalue weighted by Gasteiger charge is -2.15. The van der Waals surface area contributed by atoms with Gasteiger partial charge >= 0.3 is 5.97 Å². The molecule has 6 heteroatoms. The van der Waals surface area contributed by atoms with Crippen molar-refractivity contribution in [1.82, 2.24) is 0 Å². The van der Waals surface area contributed by atoms with Gasteiger partial charge in [-0.05, 0) is 32.0 Å².